The van der Waals surface area contributed by atoms with Crippen molar-refractivity contribution in [1.29, 1.82) is 0 Å². The first kappa shape index (κ1) is 26.7. The van der Waals surface area contributed by atoms with Gasteiger partial charge in [-0.05, 0) is 93.1 Å². The molecule has 0 aromatic heterocycles. The van der Waals surface area contributed by atoms with Crippen LogP contribution in [0, 0.1) is 17.3 Å². The molecule has 1 N–H and O–H groups in total. The third kappa shape index (κ3) is 5.67. The molecule has 0 radical (unpaired) electrons. The number of unbranched alkanes of at least 4 members (excludes halogenated alkanes) is 2. The number of carbonyl (C=O) groups is 1. The van der Waals surface area contributed by atoms with Crippen LogP contribution in [-0.4, -0.2) is 11.1 Å². The summed E-state index contributed by atoms with van der Waals surface area (Å²) in [6.45, 7) is 4.59. The van der Waals surface area contributed by atoms with E-state index in [9.17, 15) is 9.90 Å². The van der Waals surface area contributed by atoms with Gasteiger partial charge in [-0.1, -0.05) is 95.9 Å². The van der Waals surface area contributed by atoms with Crippen molar-refractivity contribution in [2.24, 2.45) is 17.3 Å². The van der Waals surface area contributed by atoms with E-state index in [0.717, 1.165) is 50.4 Å². The molecule has 1 aromatic rings. The highest BCUT2D eigenvalue weighted by molar-refractivity contribution is 5.77. The lowest BCUT2D eigenvalue weighted by molar-refractivity contribution is -0.159. The Morgan fingerprint density at radius 1 is 0.771 bits per heavy atom. The summed E-state index contributed by atoms with van der Waals surface area (Å²) in [5, 5.41) is 10.7. The van der Waals surface area contributed by atoms with Gasteiger partial charge in [-0.3, -0.25) is 4.79 Å². The van der Waals surface area contributed by atoms with Crippen LogP contribution in [0.1, 0.15) is 153 Å². The Kier molecular flexibility index (Phi) is 9.39. The van der Waals surface area contributed by atoms with Crippen molar-refractivity contribution in [2.45, 2.75) is 147 Å². The molecule has 3 aliphatic rings. The molecule has 3 aliphatic carbocycles. The van der Waals surface area contributed by atoms with Gasteiger partial charge in [0, 0.05) is 5.41 Å². The predicted octanol–water partition coefficient (Wildman–Crippen LogP) is 9.80. The van der Waals surface area contributed by atoms with Crippen molar-refractivity contribution in [2.75, 3.05) is 0 Å². The maximum Gasteiger partial charge on any atom is 0.310 e. The summed E-state index contributed by atoms with van der Waals surface area (Å²) in [4.78, 5) is 13.0. The molecule has 0 heterocycles. The van der Waals surface area contributed by atoms with Gasteiger partial charge in [0.25, 0.3) is 0 Å². The van der Waals surface area contributed by atoms with Crippen LogP contribution in [0.15, 0.2) is 24.3 Å². The molecule has 2 heteroatoms. The molecule has 3 fully saturated rings. The lowest BCUT2D eigenvalue weighted by atomic mass is 9.49. The lowest BCUT2D eigenvalue weighted by Crippen LogP contribution is -2.53. The third-order valence-electron chi connectivity index (χ3n) is 10.7. The Morgan fingerprint density at radius 3 is 1.97 bits per heavy atom. The average molecular weight is 481 g/mol. The van der Waals surface area contributed by atoms with Crippen LogP contribution in [0.4, 0.5) is 0 Å². The molecular formula is C33H52O2. The summed E-state index contributed by atoms with van der Waals surface area (Å²) >= 11 is 0. The molecule has 0 atom stereocenters. The second-order valence-electron chi connectivity index (χ2n) is 12.6. The van der Waals surface area contributed by atoms with E-state index in [-0.39, 0.29) is 5.41 Å². The lowest BCUT2D eigenvalue weighted by Gasteiger charge is -2.53. The van der Waals surface area contributed by atoms with Gasteiger partial charge in [-0.25, -0.2) is 0 Å². The van der Waals surface area contributed by atoms with Crippen LogP contribution >= 0.6 is 0 Å². The number of hydrogen-bond donors (Lipinski definition) is 1. The maximum absolute atomic E-state index is 13.0. The maximum atomic E-state index is 13.0. The van der Waals surface area contributed by atoms with Crippen LogP contribution in [0.2, 0.25) is 0 Å². The fourth-order valence-corrected chi connectivity index (χ4v) is 8.51. The van der Waals surface area contributed by atoms with Gasteiger partial charge in [-0.2, -0.15) is 0 Å². The Balaban J connectivity index is 1.52. The smallest absolute Gasteiger partial charge is 0.310 e. The normalized spacial score (nSPS) is 31.2. The fourth-order valence-electron chi connectivity index (χ4n) is 8.51. The molecule has 35 heavy (non-hydrogen) atoms. The topological polar surface area (TPSA) is 37.3 Å². The van der Waals surface area contributed by atoms with Gasteiger partial charge in [0.2, 0.25) is 0 Å². The number of rotatable bonds is 10. The van der Waals surface area contributed by atoms with E-state index >= 15 is 0 Å². The summed E-state index contributed by atoms with van der Waals surface area (Å²) in [5.74, 6) is 1.91. The zero-order valence-electron chi connectivity index (χ0n) is 22.8. The molecule has 196 valence electrons. The van der Waals surface area contributed by atoms with E-state index in [0.29, 0.717) is 5.92 Å². The van der Waals surface area contributed by atoms with E-state index in [1.807, 2.05) is 0 Å². The van der Waals surface area contributed by atoms with Crippen LogP contribution in [0.25, 0.3) is 0 Å². The molecule has 3 saturated carbocycles. The Bertz CT molecular complexity index is 772. The summed E-state index contributed by atoms with van der Waals surface area (Å²) < 4.78 is 0. The van der Waals surface area contributed by atoms with Crippen molar-refractivity contribution < 1.29 is 9.90 Å². The molecule has 0 amide bonds. The largest absolute Gasteiger partial charge is 0.481 e. The number of aliphatic carboxylic acids is 1. The van der Waals surface area contributed by atoms with Gasteiger partial charge in [0.1, 0.15) is 0 Å². The molecule has 0 unspecified atom stereocenters. The molecule has 0 spiro atoms. The molecule has 4 rings (SSSR count). The SMILES string of the molecule is CCCCCC1CCC(c2ccc(C3(C4(C(=O)O)CCCCC4)CCC(CCC)CC3)cc2)CC1. The second-order valence-corrected chi connectivity index (χ2v) is 12.6. The highest BCUT2D eigenvalue weighted by Crippen LogP contribution is 2.59. The number of carboxylic acid groups (broad SMARTS) is 1. The number of benzene rings is 1. The zero-order chi connectivity index (χ0) is 24.7. The van der Waals surface area contributed by atoms with Crippen molar-refractivity contribution >= 4 is 5.97 Å². The van der Waals surface area contributed by atoms with Gasteiger partial charge in [0.15, 0.2) is 0 Å². The first-order chi connectivity index (χ1) is 17.0. The number of hydrogen-bond acceptors (Lipinski definition) is 1. The summed E-state index contributed by atoms with van der Waals surface area (Å²) in [7, 11) is 0. The molecular weight excluding hydrogens is 428 g/mol. The van der Waals surface area contributed by atoms with Gasteiger partial charge >= 0.3 is 5.97 Å². The van der Waals surface area contributed by atoms with Crippen LogP contribution in [0.5, 0.6) is 0 Å². The van der Waals surface area contributed by atoms with Crippen molar-refractivity contribution in [3.63, 3.8) is 0 Å². The van der Waals surface area contributed by atoms with E-state index in [2.05, 4.69) is 38.1 Å². The Labute approximate surface area is 215 Å². The van der Waals surface area contributed by atoms with Crippen molar-refractivity contribution in [3.05, 3.63) is 35.4 Å². The minimum absolute atomic E-state index is 0.182. The zero-order valence-corrected chi connectivity index (χ0v) is 22.8. The minimum atomic E-state index is -0.569. The van der Waals surface area contributed by atoms with E-state index < -0.39 is 11.4 Å². The van der Waals surface area contributed by atoms with Crippen LogP contribution in [-0.2, 0) is 10.2 Å². The molecule has 0 aliphatic heterocycles. The third-order valence-corrected chi connectivity index (χ3v) is 10.7. The highest BCUT2D eigenvalue weighted by atomic mass is 16.4. The molecule has 2 nitrogen and oxygen atoms in total. The molecule has 1 aromatic carbocycles. The predicted molar refractivity (Wildman–Crippen MR) is 147 cm³/mol. The van der Waals surface area contributed by atoms with E-state index in [4.69, 9.17) is 0 Å². The van der Waals surface area contributed by atoms with Crippen LogP contribution < -0.4 is 0 Å². The summed E-state index contributed by atoms with van der Waals surface area (Å²) in [5.41, 5.74) is 2.09. The van der Waals surface area contributed by atoms with Gasteiger partial charge in [0.05, 0.1) is 5.41 Å². The summed E-state index contributed by atoms with van der Waals surface area (Å²) in [6, 6.07) is 9.55. The van der Waals surface area contributed by atoms with E-state index in [1.165, 1.54) is 94.6 Å². The highest BCUT2D eigenvalue weighted by Gasteiger charge is 2.58. The van der Waals surface area contributed by atoms with Gasteiger partial charge < -0.3 is 5.11 Å². The molecule has 0 saturated heterocycles. The second kappa shape index (κ2) is 12.3. The first-order valence-corrected chi connectivity index (χ1v) is 15.4. The Hall–Kier alpha value is -1.31. The van der Waals surface area contributed by atoms with Gasteiger partial charge in [-0.15, -0.1) is 0 Å². The average Bonchev–Trinajstić information content (AvgIpc) is 2.90. The standard InChI is InChI=1S/C33H52O2/c1-3-5-7-11-27-12-14-28(15-13-27)29-16-18-30(19-17-29)32(24-20-26(10-4-2)21-25-32)33(31(34)35)22-8-6-9-23-33/h16-19,26-28H,3-15,20-25H2,1-2H3,(H,34,35). The van der Waals surface area contributed by atoms with Crippen molar-refractivity contribution in [3.8, 4) is 0 Å². The van der Waals surface area contributed by atoms with E-state index in [1.54, 1.807) is 0 Å². The fraction of sp³-hybridized carbons (Fsp3) is 0.788. The first-order valence-electron chi connectivity index (χ1n) is 15.4. The van der Waals surface area contributed by atoms with Crippen LogP contribution in [0.3, 0.4) is 0 Å². The minimum Gasteiger partial charge on any atom is -0.481 e. The number of carboxylic acids is 1. The quantitative estimate of drug-likeness (QED) is 0.338. The monoisotopic (exact) mass is 480 g/mol. The summed E-state index contributed by atoms with van der Waals surface area (Å²) in [6.07, 6.45) is 23.2. The Morgan fingerprint density at radius 2 is 1.40 bits per heavy atom. The molecule has 0 bridgehead atoms. The van der Waals surface area contributed by atoms with Crippen molar-refractivity contribution in [1.82, 2.24) is 0 Å².